The molecule has 0 fully saturated rings. The second-order valence-electron chi connectivity index (χ2n) is 3.07. The van der Waals surface area contributed by atoms with Crippen molar-refractivity contribution in [1.29, 1.82) is 0 Å². The van der Waals surface area contributed by atoms with Gasteiger partial charge in [0.2, 0.25) is 0 Å². The van der Waals surface area contributed by atoms with E-state index in [-0.39, 0.29) is 11.3 Å². The number of carboxylic acids is 1. The Kier molecular flexibility index (Phi) is 5.09. The molecule has 0 aliphatic heterocycles. The van der Waals surface area contributed by atoms with Crippen LogP contribution in [0.15, 0.2) is 41.1 Å². The van der Waals surface area contributed by atoms with Crippen molar-refractivity contribution < 1.29 is 23.1 Å². The average Bonchev–Trinajstić information content (AvgIpc) is 2.29. The molecule has 0 spiro atoms. The molecule has 0 radical (unpaired) electrons. The molecule has 2 nitrogen and oxygen atoms in total. The van der Waals surface area contributed by atoms with E-state index in [0.717, 1.165) is 11.8 Å². The molecule has 0 aliphatic rings. The molecule has 0 aromatic heterocycles. The molecular formula is C11H9F3O2S. The summed E-state index contributed by atoms with van der Waals surface area (Å²) in [5.41, 5.74) is 0.0857. The van der Waals surface area contributed by atoms with E-state index in [1.165, 1.54) is 6.07 Å². The number of hydrogen-bond donors (Lipinski definition) is 1. The van der Waals surface area contributed by atoms with Gasteiger partial charge in [-0.05, 0) is 12.1 Å². The highest BCUT2D eigenvalue weighted by Crippen LogP contribution is 2.25. The first-order chi connectivity index (χ1) is 8.02. The molecule has 0 amide bonds. The van der Waals surface area contributed by atoms with E-state index in [4.69, 9.17) is 5.11 Å². The van der Waals surface area contributed by atoms with Crippen LogP contribution in [0, 0.1) is 0 Å². The lowest BCUT2D eigenvalue weighted by atomic mass is 10.2. The zero-order chi connectivity index (χ0) is 12.8. The summed E-state index contributed by atoms with van der Waals surface area (Å²) in [5.74, 6) is -2.49. The Morgan fingerprint density at radius 3 is 2.47 bits per heavy atom. The maximum atomic E-state index is 12.5. The van der Waals surface area contributed by atoms with Gasteiger partial charge in [-0.3, -0.25) is 0 Å². The van der Waals surface area contributed by atoms with Gasteiger partial charge in [0.05, 0.1) is 5.56 Å². The van der Waals surface area contributed by atoms with Crippen molar-refractivity contribution in [1.82, 2.24) is 0 Å². The van der Waals surface area contributed by atoms with Crippen LogP contribution < -0.4 is 0 Å². The van der Waals surface area contributed by atoms with Gasteiger partial charge in [-0.15, -0.1) is 11.8 Å². The van der Waals surface area contributed by atoms with Crippen LogP contribution in [-0.2, 0) is 0 Å². The lowest BCUT2D eigenvalue weighted by molar-refractivity contribution is 0.0693. The highest BCUT2D eigenvalue weighted by atomic mass is 32.2. The van der Waals surface area contributed by atoms with Crippen LogP contribution >= 0.6 is 11.8 Å². The third kappa shape index (κ3) is 4.14. The van der Waals surface area contributed by atoms with E-state index in [1.54, 1.807) is 18.2 Å². The number of carbonyl (C=O) groups is 1. The minimum absolute atomic E-state index is 0.0630. The smallest absolute Gasteiger partial charge is 0.336 e. The third-order valence-corrected chi connectivity index (χ3v) is 2.98. The summed E-state index contributed by atoms with van der Waals surface area (Å²) in [6.45, 7) is 0. The highest BCUT2D eigenvalue weighted by Gasteiger charge is 2.10. The standard InChI is InChI=1S/C11H9F3O2S/c12-8(10(13)14)5-6-17-9-4-2-1-3-7(9)11(15)16/h1-4H,5-6H2,(H,15,16). The lowest BCUT2D eigenvalue weighted by Crippen LogP contribution is -1.98. The van der Waals surface area contributed by atoms with Crippen LogP contribution in [0.4, 0.5) is 13.2 Å². The van der Waals surface area contributed by atoms with Gasteiger partial charge in [0.1, 0.15) is 0 Å². The molecule has 0 bridgehead atoms. The predicted octanol–water partition coefficient (Wildman–Crippen LogP) is 3.94. The molecule has 0 saturated carbocycles. The monoisotopic (exact) mass is 262 g/mol. The number of aromatic carboxylic acids is 1. The fourth-order valence-electron chi connectivity index (χ4n) is 1.11. The first-order valence-corrected chi connectivity index (χ1v) is 5.65. The van der Waals surface area contributed by atoms with Crippen molar-refractivity contribution >= 4 is 17.7 Å². The Morgan fingerprint density at radius 2 is 1.88 bits per heavy atom. The van der Waals surface area contributed by atoms with Crippen molar-refractivity contribution in [3.8, 4) is 0 Å². The Labute approximate surface area is 100 Å². The molecule has 1 N–H and O–H groups in total. The van der Waals surface area contributed by atoms with Crippen LogP contribution in [0.3, 0.4) is 0 Å². The van der Waals surface area contributed by atoms with E-state index in [0.29, 0.717) is 4.90 Å². The largest absolute Gasteiger partial charge is 0.478 e. The highest BCUT2D eigenvalue weighted by molar-refractivity contribution is 7.99. The first kappa shape index (κ1) is 13.6. The Morgan fingerprint density at radius 1 is 1.24 bits per heavy atom. The zero-order valence-electron chi connectivity index (χ0n) is 8.62. The second-order valence-corrected chi connectivity index (χ2v) is 4.20. The summed E-state index contributed by atoms with van der Waals surface area (Å²) < 4.78 is 36.0. The quantitative estimate of drug-likeness (QED) is 0.816. The normalized spacial score (nSPS) is 10.1. The van der Waals surface area contributed by atoms with Gasteiger partial charge >= 0.3 is 12.0 Å². The minimum atomic E-state index is -2.32. The van der Waals surface area contributed by atoms with E-state index >= 15 is 0 Å². The van der Waals surface area contributed by atoms with Gasteiger partial charge < -0.3 is 5.11 Å². The molecule has 6 heteroatoms. The molecular weight excluding hydrogens is 253 g/mol. The summed E-state index contributed by atoms with van der Waals surface area (Å²) in [4.78, 5) is 11.2. The molecule has 0 aliphatic carbocycles. The number of benzene rings is 1. The molecule has 0 unspecified atom stereocenters. The van der Waals surface area contributed by atoms with E-state index in [9.17, 15) is 18.0 Å². The molecule has 1 aromatic rings. The molecule has 0 saturated heterocycles. The van der Waals surface area contributed by atoms with Crippen LogP contribution in [0.5, 0.6) is 0 Å². The van der Waals surface area contributed by atoms with Crippen LogP contribution in [0.25, 0.3) is 0 Å². The summed E-state index contributed by atoms with van der Waals surface area (Å²) in [7, 11) is 0. The molecule has 0 heterocycles. The maximum Gasteiger partial charge on any atom is 0.336 e. The summed E-state index contributed by atoms with van der Waals surface area (Å²) >= 11 is 1.03. The van der Waals surface area contributed by atoms with Crippen LogP contribution in [0.2, 0.25) is 0 Å². The van der Waals surface area contributed by atoms with Gasteiger partial charge in [0.25, 0.3) is 0 Å². The maximum absolute atomic E-state index is 12.5. The van der Waals surface area contributed by atoms with Crippen molar-refractivity contribution in [2.24, 2.45) is 0 Å². The van der Waals surface area contributed by atoms with Gasteiger partial charge in [-0.2, -0.15) is 8.78 Å². The Balaban J connectivity index is 2.64. The van der Waals surface area contributed by atoms with Gasteiger partial charge in [0, 0.05) is 17.1 Å². The van der Waals surface area contributed by atoms with Crippen molar-refractivity contribution in [2.45, 2.75) is 11.3 Å². The number of rotatable bonds is 5. The number of thioether (sulfide) groups is 1. The van der Waals surface area contributed by atoms with Crippen molar-refractivity contribution in [3.05, 3.63) is 41.7 Å². The Hall–Kier alpha value is -1.43. The van der Waals surface area contributed by atoms with E-state index in [1.807, 2.05) is 0 Å². The fourth-order valence-corrected chi connectivity index (χ4v) is 2.10. The van der Waals surface area contributed by atoms with Crippen molar-refractivity contribution in [2.75, 3.05) is 5.75 Å². The van der Waals surface area contributed by atoms with Crippen LogP contribution in [-0.4, -0.2) is 16.8 Å². The molecule has 17 heavy (non-hydrogen) atoms. The Bertz CT molecular complexity index is 442. The predicted molar refractivity (Wildman–Crippen MR) is 59.1 cm³/mol. The average molecular weight is 262 g/mol. The lowest BCUT2D eigenvalue weighted by Gasteiger charge is -2.04. The fraction of sp³-hybridized carbons (Fsp3) is 0.182. The van der Waals surface area contributed by atoms with Gasteiger partial charge in [0.15, 0.2) is 5.83 Å². The topological polar surface area (TPSA) is 37.3 Å². The summed E-state index contributed by atoms with van der Waals surface area (Å²) in [5, 5.41) is 8.85. The molecule has 1 aromatic carbocycles. The zero-order valence-corrected chi connectivity index (χ0v) is 9.44. The minimum Gasteiger partial charge on any atom is -0.478 e. The van der Waals surface area contributed by atoms with Crippen LogP contribution in [0.1, 0.15) is 16.8 Å². The number of allylic oxidation sites excluding steroid dienone is 1. The summed E-state index contributed by atoms with van der Waals surface area (Å²) in [6, 6.07) is 6.17. The number of halogens is 3. The van der Waals surface area contributed by atoms with E-state index in [2.05, 4.69) is 0 Å². The second kappa shape index (κ2) is 6.34. The number of hydrogen-bond acceptors (Lipinski definition) is 2. The van der Waals surface area contributed by atoms with Gasteiger partial charge in [-0.1, -0.05) is 12.1 Å². The third-order valence-electron chi connectivity index (χ3n) is 1.90. The molecule has 92 valence electrons. The van der Waals surface area contributed by atoms with E-state index < -0.39 is 24.3 Å². The van der Waals surface area contributed by atoms with Gasteiger partial charge in [-0.25, -0.2) is 9.18 Å². The molecule has 1 rings (SSSR count). The molecule has 0 atom stereocenters. The SMILES string of the molecule is O=C(O)c1ccccc1SCCC(F)=C(F)F. The summed E-state index contributed by atoms with van der Waals surface area (Å²) in [6.07, 6.45) is -2.74. The van der Waals surface area contributed by atoms with Crippen molar-refractivity contribution in [3.63, 3.8) is 0 Å². The first-order valence-electron chi connectivity index (χ1n) is 4.67. The number of carboxylic acid groups (broad SMARTS) is 1.